The molecule has 0 aliphatic carbocycles. The number of nitrogens with two attached hydrogens (primary N) is 1. The number of aliphatic hydroxyl groups is 2. The summed E-state index contributed by atoms with van der Waals surface area (Å²) in [6, 6.07) is -0.688. The molecular weight excluding hydrogens is 160 g/mol. The maximum Gasteiger partial charge on any atom is 0.0894 e. The minimum Gasteiger partial charge on any atom is -0.395 e. The number of hydrogen-bond acceptors (Lipinski definition) is 4. The SMILES string of the molecule is [N-]=[N+]=NCC=CC(O)C(N)CO. The van der Waals surface area contributed by atoms with Gasteiger partial charge in [-0.1, -0.05) is 17.3 Å². The third-order valence-electron chi connectivity index (χ3n) is 1.23. The van der Waals surface area contributed by atoms with Crippen molar-refractivity contribution in [3.05, 3.63) is 22.6 Å². The Kier molecular flexibility index (Phi) is 6.04. The van der Waals surface area contributed by atoms with Crippen LogP contribution in [0.15, 0.2) is 17.3 Å². The molecule has 0 spiro atoms. The maximum atomic E-state index is 9.11. The second-order valence-corrected chi connectivity index (χ2v) is 2.18. The van der Waals surface area contributed by atoms with Crippen molar-refractivity contribution >= 4 is 0 Å². The van der Waals surface area contributed by atoms with E-state index in [-0.39, 0.29) is 13.2 Å². The molecule has 0 fully saturated rings. The predicted octanol–water partition coefficient (Wildman–Crippen LogP) is -0.467. The first kappa shape index (κ1) is 10.9. The van der Waals surface area contributed by atoms with Crippen molar-refractivity contribution in [3.63, 3.8) is 0 Å². The van der Waals surface area contributed by atoms with Crippen LogP contribution in [0.25, 0.3) is 10.4 Å². The first-order valence-electron chi connectivity index (χ1n) is 3.44. The lowest BCUT2D eigenvalue weighted by molar-refractivity contribution is 0.144. The Morgan fingerprint density at radius 1 is 1.67 bits per heavy atom. The lowest BCUT2D eigenvalue weighted by atomic mass is 10.2. The van der Waals surface area contributed by atoms with Crippen LogP contribution in [-0.2, 0) is 0 Å². The summed E-state index contributed by atoms with van der Waals surface area (Å²) >= 11 is 0. The fourth-order valence-electron chi connectivity index (χ4n) is 0.535. The summed E-state index contributed by atoms with van der Waals surface area (Å²) in [7, 11) is 0. The normalized spacial score (nSPS) is 15.6. The highest BCUT2D eigenvalue weighted by molar-refractivity contribution is 4.94. The molecule has 68 valence electrons. The van der Waals surface area contributed by atoms with Crippen molar-refractivity contribution in [2.24, 2.45) is 10.8 Å². The van der Waals surface area contributed by atoms with Gasteiger partial charge in [0.05, 0.1) is 18.8 Å². The van der Waals surface area contributed by atoms with Crippen LogP contribution in [0, 0.1) is 0 Å². The fraction of sp³-hybridized carbons (Fsp3) is 0.667. The molecule has 6 heteroatoms. The van der Waals surface area contributed by atoms with Crippen LogP contribution in [0.5, 0.6) is 0 Å². The van der Waals surface area contributed by atoms with E-state index >= 15 is 0 Å². The number of hydrogen-bond donors (Lipinski definition) is 3. The summed E-state index contributed by atoms with van der Waals surface area (Å²) in [6.07, 6.45) is 1.97. The average Bonchev–Trinajstić information content (AvgIpc) is 2.10. The molecule has 0 bridgehead atoms. The van der Waals surface area contributed by atoms with Gasteiger partial charge in [-0.15, -0.1) is 0 Å². The second kappa shape index (κ2) is 6.63. The Morgan fingerprint density at radius 3 is 2.83 bits per heavy atom. The summed E-state index contributed by atoms with van der Waals surface area (Å²) in [5, 5.41) is 20.8. The summed E-state index contributed by atoms with van der Waals surface area (Å²) in [6.45, 7) is -0.112. The van der Waals surface area contributed by atoms with Gasteiger partial charge in [0.1, 0.15) is 0 Å². The third kappa shape index (κ3) is 4.70. The molecule has 12 heavy (non-hydrogen) atoms. The van der Waals surface area contributed by atoms with Crippen LogP contribution in [0.1, 0.15) is 0 Å². The molecule has 2 unspecified atom stereocenters. The van der Waals surface area contributed by atoms with Crippen LogP contribution in [0.2, 0.25) is 0 Å². The highest BCUT2D eigenvalue weighted by Crippen LogP contribution is 1.91. The Hall–Kier alpha value is -1.07. The van der Waals surface area contributed by atoms with E-state index in [4.69, 9.17) is 21.5 Å². The summed E-state index contributed by atoms with van der Waals surface area (Å²) in [5.74, 6) is 0. The quantitative estimate of drug-likeness (QED) is 0.225. The van der Waals surface area contributed by atoms with Gasteiger partial charge in [-0.05, 0) is 5.53 Å². The Bertz CT molecular complexity index is 188. The van der Waals surface area contributed by atoms with Crippen molar-refractivity contribution in [2.45, 2.75) is 12.1 Å². The summed E-state index contributed by atoms with van der Waals surface area (Å²) in [4.78, 5) is 2.51. The Balaban J connectivity index is 3.73. The number of aliphatic hydroxyl groups excluding tert-OH is 2. The molecule has 4 N–H and O–H groups in total. The Morgan fingerprint density at radius 2 is 2.33 bits per heavy atom. The van der Waals surface area contributed by atoms with Crippen LogP contribution >= 0.6 is 0 Å². The molecule has 0 saturated heterocycles. The van der Waals surface area contributed by atoms with E-state index in [9.17, 15) is 0 Å². The molecule has 2 atom stereocenters. The van der Waals surface area contributed by atoms with Crippen molar-refractivity contribution < 1.29 is 10.2 Å². The minimum atomic E-state index is -0.899. The zero-order valence-corrected chi connectivity index (χ0v) is 6.54. The minimum absolute atomic E-state index is 0.172. The van der Waals surface area contributed by atoms with Crippen LogP contribution in [0.3, 0.4) is 0 Å². The average molecular weight is 172 g/mol. The predicted molar refractivity (Wildman–Crippen MR) is 44.2 cm³/mol. The fourth-order valence-corrected chi connectivity index (χ4v) is 0.535. The van der Waals surface area contributed by atoms with E-state index in [0.717, 1.165) is 0 Å². The van der Waals surface area contributed by atoms with Gasteiger partial charge in [0.25, 0.3) is 0 Å². The zero-order chi connectivity index (χ0) is 9.40. The molecule has 0 rings (SSSR count). The Labute approximate surface area is 69.9 Å². The first-order chi connectivity index (χ1) is 5.72. The van der Waals surface area contributed by atoms with Crippen molar-refractivity contribution in [1.29, 1.82) is 0 Å². The molecule has 0 radical (unpaired) electrons. The van der Waals surface area contributed by atoms with Crippen LogP contribution < -0.4 is 5.73 Å². The van der Waals surface area contributed by atoms with Gasteiger partial charge in [0.2, 0.25) is 0 Å². The largest absolute Gasteiger partial charge is 0.395 e. The number of nitrogens with zero attached hydrogens (tertiary/aromatic N) is 3. The van der Waals surface area contributed by atoms with E-state index in [2.05, 4.69) is 10.0 Å². The highest BCUT2D eigenvalue weighted by Gasteiger charge is 2.08. The van der Waals surface area contributed by atoms with E-state index in [1.165, 1.54) is 12.2 Å². The molecule has 0 aliphatic heterocycles. The van der Waals surface area contributed by atoms with Crippen molar-refractivity contribution in [2.75, 3.05) is 13.2 Å². The zero-order valence-electron chi connectivity index (χ0n) is 6.54. The van der Waals surface area contributed by atoms with Gasteiger partial charge < -0.3 is 15.9 Å². The lowest BCUT2D eigenvalue weighted by Crippen LogP contribution is -2.36. The van der Waals surface area contributed by atoms with Gasteiger partial charge in [-0.3, -0.25) is 0 Å². The number of azide groups is 1. The van der Waals surface area contributed by atoms with Gasteiger partial charge in [-0.2, -0.15) is 0 Å². The monoisotopic (exact) mass is 172 g/mol. The van der Waals surface area contributed by atoms with E-state index in [1.807, 2.05) is 0 Å². The third-order valence-corrected chi connectivity index (χ3v) is 1.23. The van der Waals surface area contributed by atoms with Gasteiger partial charge in [-0.25, -0.2) is 0 Å². The molecule has 0 heterocycles. The molecule has 6 nitrogen and oxygen atoms in total. The molecule has 0 saturated carbocycles. The molecular formula is C6H12N4O2. The summed E-state index contributed by atoms with van der Waals surface area (Å²) < 4.78 is 0. The second-order valence-electron chi connectivity index (χ2n) is 2.18. The van der Waals surface area contributed by atoms with E-state index in [0.29, 0.717) is 0 Å². The topological polar surface area (TPSA) is 115 Å². The van der Waals surface area contributed by atoms with Gasteiger partial charge >= 0.3 is 0 Å². The van der Waals surface area contributed by atoms with Gasteiger partial charge in [0.15, 0.2) is 0 Å². The smallest absolute Gasteiger partial charge is 0.0894 e. The maximum absolute atomic E-state index is 9.11. The van der Waals surface area contributed by atoms with E-state index in [1.54, 1.807) is 0 Å². The van der Waals surface area contributed by atoms with Crippen LogP contribution in [0.4, 0.5) is 0 Å². The molecule has 0 aromatic carbocycles. The molecule has 0 amide bonds. The molecule has 0 aromatic heterocycles. The van der Waals surface area contributed by atoms with Crippen molar-refractivity contribution in [1.82, 2.24) is 0 Å². The number of rotatable bonds is 5. The van der Waals surface area contributed by atoms with Gasteiger partial charge in [0, 0.05) is 11.5 Å². The first-order valence-corrected chi connectivity index (χ1v) is 3.44. The summed E-state index contributed by atoms with van der Waals surface area (Å²) in [5.41, 5.74) is 13.2. The molecule has 0 aromatic rings. The lowest BCUT2D eigenvalue weighted by Gasteiger charge is -2.11. The molecule has 0 aliphatic rings. The standard InChI is InChI=1S/C6H12N4O2/c7-5(4-11)6(12)2-1-3-9-10-8/h1-2,5-6,11-12H,3-4,7H2. The van der Waals surface area contributed by atoms with Crippen molar-refractivity contribution in [3.8, 4) is 0 Å². The van der Waals surface area contributed by atoms with E-state index < -0.39 is 12.1 Å². The van der Waals surface area contributed by atoms with Crippen LogP contribution in [-0.4, -0.2) is 35.5 Å². The highest BCUT2D eigenvalue weighted by atomic mass is 16.3.